The van der Waals surface area contributed by atoms with Crippen molar-refractivity contribution in [2.75, 3.05) is 33.7 Å². The minimum absolute atomic E-state index is 1.08. The van der Waals surface area contributed by atoms with E-state index in [1.165, 1.54) is 25.0 Å². The Morgan fingerprint density at radius 1 is 1.23 bits per heavy atom. The summed E-state index contributed by atoms with van der Waals surface area (Å²) in [6.07, 6.45) is 3.66. The first kappa shape index (κ1) is 12.7. The van der Waals surface area contributed by atoms with E-state index < -0.39 is 0 Å². The summed E-state index contributed by atoms with van der Waals surface area (Å²) in [6.45, 7) is 9.36. The van der Waals surface area contributed by atoms with E-state index in [-0.39, 0.29) is 0 Å². The second-order valence-corrected chi connectivity index (χ2v) is 3.97. The molecule has 2 heteroatoms. The van der Waals surface area contributed by atoms with E-state index in [0.29, 0.717) is 0 Å². The molecule has 1 N–H and O–H groups in total. The molecule has 2 nitrogen and oxygen atoms in total. The fourth-order valence-corrected chi connectivity index (χ4v) is 1.10. The molecule has 0 aliphatic carbocycles. The van der Waals surface area contributed by atoms with Gasteiger partial charge in [-0.3, -0.25) is 0 Å². The maximum atomic E-state index is 3.87. The molecule has 0 aromatic rings. The van der Waals surface area contributed by atoms with E-state index >= 15 is 0 Å². The van der Waals surface area contributed by atoms with Crippen molar-refractivity contribution in [1.29, 1.82) is 0 Å². The van der Waals surface area contributed by atoms with Crippen molar-refractivity contribution in [3.8, 4) is 0 Å². The van der Waals surface area contributed by atoms with E-state index in [2.05, 4.69) is 37.8 Å². The zero-order valence-electron chi connectivity index (χ0n) is 9.40. The Bertz CT molecular complexity index is 130. The summed E-state index contributed by atoms with van der Waals surface area (Å²) in [7, 11) is 4.24. The van der Waals surface area contributed by atoms with Crippen LogP contribution in [0.15, 0.2) is 12.2 Å². The van der Waals surface area contributed by atoms with Gasteiger partial charge in [0.05, 0.1) is 0 Å². The normalized spacial score (nSPS) is 10.8. The van der Waals surface area contributed by atoms with E-state index in [9.17, 15) is 0 Å². The quantitative estimate of drug-likeness (QED) is 0.458. The van der Waals surface area contributed by atoms with Crippen LogP contribution in [0, 0.1) is 0 Å². The number of unbranched alkanes of at least 4 members (excludes halogenated alkanes) is 1. The summed E-state index contributed by atoms with van der Waals surface area (Å²) < 4.78 is 0. The average Bonchev–Trinajstić information content (AvgIpc) is 2.01. The Morgan fingerprint density at radius 3 is 2.46 bits per heavy atom. The zero-order valence-corrected chi connectivity index (χ0v) is 9.40. The van der Waals surface area contributed by atoms with Crippen molar-refractivity contribution in [3.63, 3.8) is 0 Å². The van der Waals surface area contributed by atoms with Gasteiger partial charge in [0.2, 0.25) is 0 Å². The molecule has 0 saturated carbocycles. The maximum absolute atomic E-state index is 3.87. The van der Waals surface area contributed by atoms with E-state index in [0.717, 1.165) is 19.5 Å². The van der Waals surface area contributed by atoms with Crippen LogP contribution in [0.1, 0.15) is 26.2 Å². The van der Waals surface area contributed by atoms with Crippen molar-refractivity contribution in [2.45, 2.75) is 26.2 Å². The lowest BCUT2D eigenvalue weighted by molar-refractivity contribution is 0.392. The van der Waals surface area contributed by atoms with Gasteiger partial charge in [0.1, 0.15) is 0 Å². The molecule has 0 amide bonds. The summed E-state index contributed by atoms with van der Waals surface area (Å²) in [5, 5.41) is 3.41. The highest BCUT2D eigenvalue weighted by Gasteiger charge is 1.91. The summed E-state index contributed by atoms with van der Waals surface area (Å²) in [5.41, 5.74) is 1.26. The van der Waals surface area contributed by atoms with Gasteiger partial charge in [0.25, 0.3) is 0 Å². The number of nitrogens with one attached hydrogen (secondary N) is 1. The Labute approximate surface area is 83.0 Å². The topological polar surface area (TPSA) is 15.3 Å². The molecule has 0 spiro atoms. The van der Waals surface area contributed by atoms with Crippen LogP contribution >= 0.6 is 0 Å². The van der Waals surface area contributed by atoms with Gasteiger partial charge in [-0.25, -0.2) is 0 Å². The minimum atomic E-state index is 1.08. The Kier molecular flexibility index (Phi) is 8.05. The molecule has 0 atom stereocenters. The van der Waals surface area contributed by atoms with Crippen molar-refractivity contribution in [3.05, 3.63) is 12.2 Å². The molecule has 13 heavy (non-hydrogen) atoms. The van der Waals surface area contributed by atoms with Crippen LogP contribution in [0.3, 0.4) is 0 Å². The van der Waals surface area contributed by atoms with Crippen molar-refractivity contribution < 1.29 is 0 Å². The molecular weight excluding hydrogens is 160 g/mol. The first-order valence-corrected chi connectivity index (χ1v) is 5.12. The van der Waals surface area contributed by atoms with Crippen LogP contribution in [-0.2, 0) is 0 Å². The highest BCUT2D eigenvalue weighted by molar-refractivity contribution is 4.87. The lowest BCUT2D eigenvalue weighted by Gasteiger charge is -2.09. The highest BCUT2D eigenvalue weighted by atomic mass is 15.0. The first-order valence-electron chi connectivity index (χ1n) is 5.12. The highest BCUT2D eigenvalue weighted by Crippen LogP contribution is 1.93. The van der Waals surface area contributed by atoms with Gasteiger partial charge in [-0.2, -0.15) is 0 Å². The van der Waals surface area contributed by atoms with Gasteiger partial charge in [-0.05, 0) is 59.9 Å². The van der Waals surface area contributed by atoms with Crippen molar-refractivity contribution in [2.24, 2.45) is 0 Å². The van der Waals surface area contributed by atoms with Gasteiger partial charge in [0.15, 0.2) is 0 Å². The predicted molar refractivity (Wildman–Crippen MR) is 60.1 cm³/mol. The van der Waals surface area contributed by atoms with Crippen LogP contribution in [0.4, 0.5) is 0 Å². The fraction of sp³-hybridized carbons (Fsp3) is 0.818. The lowest BCUT2D eigenvalue weighted by atomic mass is 10.2. The average molecular weight is 184 g/mol. The summed E-state index contributed by atoms with van der Waals surface area (Å²) >= 11 is 0. The second-order valence-electron chi connectivity index (χ2n) is 3.97. The molecule has 0 aromatic heterocycles. The monoisotopic (exact) mass is 184 g/mol. The van der Waals surface area contributed by atoms with Gasteiger partial charge >= 0.3 is 0 Å². The summed E-state index contributed by atoms with van der Waals surface area (Å²) in [4.78, 5) is 2.23. The van der Waals surface area contributed by atoms with Crippen LogP contribution in [0.2, 0.25) is 0 Å². The van der Waals surface area contributed by atoms with Gasteiger partial charge in [-0.1, -0.05) is 5.57 Å². The molecular formula is C11H24N2. The zero-order chi connectivity index (χ0) is 10.1. The van der Waals surface area contributed by atoms with Gasteiger partial charge in [0, 0.05) is 0 Å². The van der Waals surface area contributed by atoms with Gasteiger partial charge < -0.3 is 10.2 Å². The minimum Gasteiger partial charge on any atom is -0.316 e. The van der Waals surface area contributed by atoms with Crippen LogP contribution < -0.4 is 5.32 Å². The molecule has 0 unspecified atom stereocenters. The maximum Gasteiger partial charge on any atom is -0.00118 e. The molecule has 0 rings (SSSR count). The number of nitrogens with zero attached hydrogens (tertiary/aromatic N) is 1. The molecule has 0 heterocycles. The molecule has 0 fully saturated rings. The second kappa shape index (κ2) is 8.27. The largest absolute Gasteiger partial charge is 0.316 e. The first-order chi connectivity index (χ1) is 6.13. The number of hydrogen-bond acceptors (Lipinski definition) is 2. The molecule has 0 aliphatic heterocycles. The third kappa shape index (κ3) is 11.7. The van der Waals surface area contributed by atoms with Crippen LogP contribution in [0.5, 0.6) is 0 Å². The summed E-state index contributed by atoms with van der Waals surface area (Å²) in [6, 6.07) is 0. The Morgan fingerprint density at radius 2 is 1.92 bits per heavy atom. The van der Waals surface area contributed by atoms with Crippen molar-refractivity contribution in [1.82, 2.24) is 10.2 Å². The van der Waals surface area contributed by atoms with E-state index in [1.54, 1.807) is 0 Å². The Hall–Kier alpha value is -0.340. The number of hydrogen-bond donors (Lipinski definition) is 1. The standard InChI is InChI=1S/C11H24N2/c1-11(2)7-9-12-8-5-6-10-13(3)4/h12H,1,5-10H2,2-4H3. The SMILES string of the molecule is C=C(C)CCNCCCCN(C)C. The molecule has 0 saturated heterocycles. The van der Waals surface area contributed by atoms with Crippen LogP contribution in [0.25, 0.3) is 0 Å². The molecule has 0 radical (unpaired) electrons. The molecule has 0 aromatic carbocycles. The van der Waals surface area contributed by atoms with E-state index in [4.69, 9.17) is 0 Å². The lowest BCUT2D eigenvalue weighted by Crippen LogP contribution is -2.19. The van der Waals surface area contributed by atoms with Crippen LogP contribution in [-0.4, -0.2) is 38.6 Å². The smallest absolute Gasteiger partial charge is 0.00118 e. The van der Waals surface area contributed by atoms with E-state index in [1.807, 2.05) is 0 Å². The van der Waals surface area contributed by atoms with Gasteiger partial charge in [-0.15, -0.1) is 6.58 Å². The molecule has 0 aliphatic rings. The predicted octanol–water partition coefficient (Wildman–Crippen LogP) is 1.88. The molecule has 78 valence electrons. The fourth-order valence-electron chi connectivity index (χ4n) is 1.10. The third-order valence-corrected chi connectivity index (χ3v) is 1.94. The third-order valence-electron chi connectivity index (χ3n) is 1.94. The molecule has 0 bridgehead atoms. The Balaban J connectivity index is 2.96. The number of rotatable bonds is 8. The van der Waals surface area contributed by atoms with Crippen molar-refractivity contribution >= 4 is 0 Å². The summed E-state index contributed by atoms with van der Waals surface area (Å²) in [5.74, 6) is 0.